The highest BCUT2D eigenvalue weighted by Gasteiger charge is 2.26. The molecule has 3 aromatic carbocycles. The maximum Gasteiger partial charge on any atom is 0.311 e. The number of H-pyrrole nitrogens is 1. The molecule has 198 valence electrons. The van der Waals surface area contributed by atoms with Crippen LogP contribution >= 0.6 is 31.9 Å². The lowest BCUT2D eigenvalue weighted by atomic mass is 10.1. The number of ether oxygens (including phenoxy) is 4. The summed E-state index contributed by atoms with van der Waals surface area (Å²) in [7, 11) is 4.57. The zero-order valence-electron chi connectivity index (χ0n) is 21.0. The third kappa shape index (κ3) is 6.31. The van der Waals surface area contributed by atoms with E-state index < -0.39 is 18.0 Å². The summed E-state index contributed by atoms with van der Waals surface area (Å²) in [5, 5.41) is 3.77. The molecule has 0 radical (unpaired) electrons. The van der Waals surface area contributed by atoms with Crippen LogP contribution in [0.3, 0.4) is 0 Å². The lowest BCUT2D eigenvalue weighted by molar-refractivity contribution is -0.155. The van der Waals surface area contributed by atoms with E-state index in [9.17, 15) is 9.59 Å². The molecule has 38 heavy (non-hydrogen) atoms. The fourth-order valence-electron chi connectivity index (χ4n) is 4.06. The van der Waals surface area contributed by atoms with Crippen LogP contribution in [0.15, 0.2) is 69.7 Å². The summed E-state index contributed by atoms with van der Waals surface area (Å²) >= 11 is 6.87. The molecule has 10 heteroatoms. The first-order chi connectivity index (χ1) is 18.3. The monoisotopic (exact) mass is 644 g/mol. The predicted octanol–water partition coefficient (Wildman–Crippen LogP) is 5.86. The standard InChI is InChI=1S/C28H26Br2N2O6/c1-35-23-10-16(11-24(36-2)27(23)37-3)14-32-28(34)26(17-4-6-19(29)7-5-17)38-25(33)12-18-15-31-22-9-8-20(30)13-21(18)22/h4-11,13,15,26,31H,12,14H2,1-3H3,(H,32,34). The molecule has 0 aliphatic heterocycles. The number of methoxy groups -OCH3 is 3. The number of halogens is 2. The molecule has 1 heterocycles. The van der Waals surface area contributed by atoms with E-state index >= 15 is 0 Å². The fourth-order valence-corrected chi connectivity index (χ4v) is 4.68. The third-order valence-corrected chi connectivity index (χ3v) is 6.94. The van der Waals surface area contributed by atoms with E-state index in [2.05, 4.69) is 42.2 Å². The van der Waals surface area contributed by atoms with E-state index in [4.69, 9.17) is 18.9 Å². The van der Waals surface area contributed by atoms with Crippen LogP contribution in [0.25, 0.3) is 10.9 Å². The van der Waals surface area contributed by atoms with E-state index in [1.165, 1.54) is 21.3 Å². The van der Waals surface area contributed by atoms with Crippen molar-refractivity contribution in [1.29, 1.82) is 0 Å². The molecule has 1 amide bonds. The molecule has 0 aliphatic rings. The minimum Gasteiger partial charge on any atom is -0.493 e. The van der Waals surface area contributed by atoms with Crippen molar-refractivity contribution in [2.75, 3.05) is 21.3 Å². The molecular weight excluding hydrogens is 620 g/mol. The maximum atomic E-state index is 13.3. The van der Waals surface area contributed by atoms with Gasteiger partial charge in [0.05, 0.1) is 27.8 Å². The third-order valence-electron chi connectivity index (χ3n) is 5.92. The highest BCUT2D eigenvalue weighted by atomic mass is 79.9. The molecule has 2 N–H and O–H groups in total. The van der Waals surface area contributed by atoms with Crippen molar-refractivity contribution < 1.29 is 28.5 Å². The Balaban J connectivity index is 1.53. The molecule has 0 aliphatic carbocycles. The van der Waals surface area contributed by atoms with Gasteiger partial charge in [0.15, 0.2) is 11.5 Å². The van der Waals surface area contributed by atoms with Gasteiger partial charge in [-0.15, -0.1) is 0 Å². The first kappa shape index (κ1) is 27.5. The van der Waals surface area contributed by atoms with Gasteiger partial charge in [-0.1, -0.05) is 44.0 Å². The normalized spacial score (nSPS) is 11.6. The minimum absolute atomic E-state index is 0.00361. The topological polar surface area (TPSA) is 98.9 Å². The second kappa shape index (κ2) is 12.4. The van der Waals surface area contributed by atoms with Gasteiger partial charge in [0.1, 0.15) is 0 Å². The van der Waals surface area contributed by atoms with Crippen LogP contribution in [0.4, 0.5) is 0 Å². The molecule has 0 saturated heterocycles. The highest BCUT2D eigenvalue weighted by molar-refractivity contribution is 9.10. The molecule has 0 spiro atoms. The molecule has 1 aromatic heterocycles. The molecule has 0 bridgehead atoms. The summed E-state index contributed by atoms with van der Waals surface area (Å²) < 4.78 is 23.6. The van der Waals surface area contributed by atoms with Crippen molar-refractivity contribution in [2.45, 2.75) is 19.1 Å². The Hall–Kier alpha value is -3.50. The predicted molar refractivity (Wildman–Crippen MR) is 151 cm³/mol. The largest absolute Gasteiger partial charge is 0.493 e. The van der Waals surface area contributed by atoms with E-state index in [0.29, 0.717) is 22.8 Å². The molecule has 0 fully saturated rings. The quantitative estimate of drug-likeness (QED) is 0.210. The number of aromatic amines is 1. The van der Waals surface area contributed by atoms with Gasteiger partial charge in [0.25, 0.3) is 5.91 Å². The summed E-state index contributed by atoms with van der Waals surface area (Å²) in [5.74, 6) is 0.406. The summed E-state index contributed by atoms with van der Waals surface area (Å²) in [6.07, 6.45) is 0.635. The fraction of sp³-hybridized carbons (Fsp3) is 0.214. The zero-order chi connectivity index (χ0) is 27.2. The van der Waals surface area contributed by atoms with Crippen molar-refractivity contribution in [1.82, 2.24) is 10.3 Å². The average Bonchev–Trinajstić information content (AvgIpc) is 3.31. The minimum atomic E-state index is -1.14. The second-order valence-corrected chi connectivity index (χ2v) is 10.2. The zero-order valence-corrected chi connectivity index (χ0v) is 24.1. The van der Waals surface area contributed by atoms with Crippen LogP contribution in [0, 0.1) is 0 Å². The number of carbonyl (C=O) groups is 2. The van der Waals surface area contributed by atoms with Gasteiger partial charge in [0.2, 0.25) is 11.9 Å². The van der Waals surface area contributed by atoms with Crippen molar-refractivity contribution in [3.63, 3.8) is 0 Å². The number of fused-ring (bicyclic) bond motifs is 1. The number of rotatable bonds is 10. The summed E-state index contributed by atoms with van der Waals surface area (Å²) in [5.41, 5.74) is 2.95. The van der Waals surface area contributed by atoms with E-state index in [0.717, 1.165) is 31.0 Å². The SMILES string of the molecule is COc1cc(CNC(=O)C(OC(=O)Cc2c[nH]c3ccc(Br)cc23)c2ccc(Br)cc2)cc(OC)c1OC. The molecule has 0 saturated carbocycles. The summed E-state index contributed by atoms with van der Waals surface area (Å²) in [6, 6.07) is 16.3. The Morgan fingerprint density at radius 2 is 1.55 bits per heavy atom. The van der Waals surface area contributed by atoms with Gasteiger partial charge < -0.3 is 29.2 Å². The molecule has 1 unspecified atom stereocenters. The Labute approximate surface area is 236 Å². The highest BCUT2D eigenvalue weighted by Crippen LogP contribution is 2.38. The van der Waals surface area contributed by atoms with Crippen LogP contribution < -0.4 is 19.5 Å². The smallest absolute Gasteiger partial charge is 0.311 e. The van der Waals surface area contributed by atoms with Gasteiger partial charge in [-0.2, -0.15) is 0 Å². The Kier molecular flexibility index (Phi) is 8.96. The molecular formula is C28H26Br2N2O6. The number of aromatic nitrogens is 1. The van der Waals surface area contributed by atoms with Crippen LogP contribution in [0.5, 0.6) is 17.2 Å². The van der Waals surface area contributed by atoms with Crippen LogP contribution in [0.2, 0.25) is 0 Å². The number of nitrogens with one attached hydrogen (secondary N) is 2. The number of hydrogen-bond donors (Lipinski definition) is 2. The molecule has 4 rings (SSSR count). The number of carbonyl (C=O) groups excluding carboxylic acids is 2. The lowest BCUT2D eigenvalue weighted by Crippen LogP contribution is -2.32. The van der Waals surface area contributed by atoms with Crippen LogP contribution in [-0.4, -0.2) is 38.2 Å². The van der Waals surface area contributed by atoms with E-state index in [1.54, 1.807) is 42.6 Å². The first-order valence-electron chi connectivity index (χ1n) is 11.6. The van der Waals surface area contributed by atoms with Crippen LogP contribution in [-0.2, 0) is 27.3 Å². The second-order valence-electron chi connectivity index (χ2n) is 8.35. The maximum absolute atomic E-state index is 13.3. The summed E-state index contributed by atoms with van der Waals surface area (Å²) in [4.78, 5) is 29.5. The van der Waals surface area contributed by atoms with E-state index in [-0.39, 0.29) is 13.0 Å². The number of benzene rings is 3. The van der Waals surface area contributed by atoms with Gasteiger partial charge in [-0.25, -0.2) is 0 Å². The Morgan fingerprint density at radius 1 is 0.895 bits per heavy atom. The summed E-state index contributed by atoms with van der Waals surface area (Å²) in [6.45, 7) is 0.149. The van der Waals surface area contributed by atoms with Crippen molar-refractivity contribution in [3.8, 4) is 17.2 Å². The molecule has 4 aromatic rings. The molecule has 1 atom stereocenters. The Bertz CT molecular complexity index is 1430. The van der Waals surface area contributed by atoms with E-state index in [1.807, 2.05) is 18.2 Å². The Morgan fingerprint density at radius 3 is 2.18 bits per heavy atom. The number of hydrogen-bond acceptors (Lipinski definition) is 6. The molecule has 8 nitrogen and oxygen atoms in total. The van der Waals surface area contributed by atoms with Gasteiger partial charge >= 0.3 is 5.97 Å². The first-order valence-corrected chi connectivity index (χ1v) is 13.2. The lowest BCUT2D eigenvalue weighted by Gasteiger charge is -2.19. The van der Waals surface area contributed by atoms with Gasteiger partial charge in [-0.05, 0) is 53.6 Å². The van der Waals surface area contributed by atoms with Crippen molar-refractivity contribution >= 4 is 54.6 Å². The average molecular weight is 646 g/mol. The van der Waals surface area contributed by atoms with Crippen LogP contribution in [0.1, 0.15) is 22.8 Å². The number of esters is 1. The number of amides is 1. The van der Waals surface area contributed by atoms with Gasteiger partial charge in [-0.3, -0.25) is 9.59 Å². The van der Waals surface area contributed by atoms with Crippen molar-refractivity contribution in [3.05, 3.63) is 86.4 Å². The van der Waals surface area contributed by atoms with Gasteiger partial charge in [0, 0.05) is 38.2 Å². The van der Waals surface area contributed by atoms with Crippen molar-refractivity contribution in [2.24, 2.45) is 0 Å².